The fraction of sp³-hybridized carbons (Fsp3) is 0.500. The van der Waals surface area contributed by atoms with Crippen molar-refractivity contribution in [2.24, 2.45) is 0 Å². The van der Waals surface area contributed by atoms with E-state index in [1.54, 1.807) is 0 Å². The van der Waals surface area contributed by atoms with Gasteiger partial charge in [-0.1, -0.05) is 55.5 Å². The normalized spacial score (nSPS) is 14.9. The van der Waals surface area contributed by atoms with Gasteiger partial charge in [0, 0.05) is 11.7 Å². The minimum atomic E-state index is -1.31. The first-order valence-electron chi connectivity index (χ1n) is 7.02. The van der Waals surface area contributed by atoms with E-state index >= 15 is 0 Å². The molecule has 103 valence electrons. The Morgan fingerprint density at radius 3 is 2.26 bits per heavy atom. The maximum atomic E-state index is 3.73. The van der Waals surface area contributed by atoms with Crippen molar-refractivity contribution in [3.8, 4) is 0 Å². The van der Waals surface area contributed by atoms with E-state index in [-0.39, 0.29) is 0 Å². The molecule has 0 amide bonds. The molecule has 0 aromatic heterocycles. The predicted molar refractivity (Wildman–Crippen MR) is 91.3 cm³/mol. The second-order valence-electron chi connectivity index (χ2n) is 6.21. The molecule has 0 aliphatic rings. The van der Waals surface area contributed by atoms with Gasteiger partial charge in [0.2, 0.25) is 0 Å². The van der Waals surface area contributed by atoms with E-state index in [4.69, 9.17) is 0 Å². The fourth-order valence-corrected chi connectivity index (χ4v) is 3.96. The topological polar surface area (TPSA) is 12.0 Å². The molecule has 0 spiro atoms. The summed E-state index contributed by atoms with van der Waals surface area (Å²) in [5.74, 6) is 0. The van der Waals surface area contributed by atoms with E-state index in [0.29, 0.717) is 6.04 Å². The molecular weight excluding hydrogens is 262 g/mol. The van der Waals surface area contributed by atoms with E-state index in [1.807, 2.05) is 0 Å². The first kappa shape index (κ1) is 16.2. The molecule has 0 aliphatic carbocycles. The van der Waals surface area contributed by atoms with Gasteiger partial charge in [-0.3, -0.25) is 0 Å². The molecule has 3 heteroatoms. The summed E-state index contributed by atoms with van der Waals surface area (Å²) < 4.78 is 0. The van der Waals surface area contributed by atoms with Gasteiger partial charge in [0.05, 0.1) is 18.3 Å². The molecule has 0 aliphatic heterocycles. The Bertz CT molecular complexity index is 454. The molecule has 1 unspecified atom stereocenters. The van der Waals surface area contributed by atoms with Crippen LogP contribution in [-0.2, 0) is 0 Å². The zero-order valence-electron chi connectivity index (χ0n) is 13.1. The smallest absolute Gasteiger partial charge is 0.0803 e. The van der Waals surface area contributed by atoms with Gasteiger partial charge in [-0.25, -0.2) is 0 Å². The molecule has 1 aromatic carbocycles. The molecule has 0 bridgehead atoms. The monoisotopic (exact) mass is 288 g/mol. The molecule has 19 heavy (non-hydrogen) atoms. The zero-order valence-corrected chi connectivity index (χ0v) is 15.1. The average Bonchev–Trinajstić information content (AvgIpc) is 2.34. The summed E-state index contributed by atoms with van der Waals surface area (Å²) in [5, 5.41) is 6.46. The van der Waals surface area contributed by atoms with E-state index < -0.39 is 8.07 Å². The molecule has 0 saturated carbocycles. The zero-order chi connectivity index (χ0) is 14.6. The van der Waals surface area contributed by atoms with E-state index in [0.717, 1.165) is 6.42 Å². The highest BCUT2D eigenvalue weighted by molar-refractivity contribution is 6.89. The van der Waals surface area contributed by atoms with Gasteiger partial charge in [0.15, 0.2) is 0 Å². The largest absolute Gasteiger partial charge is 0.379 e. The Morgan fingerprint density at radius 2 is 1.79 bits per heavy atom. The van der Waals surface area contributed by atoms with Crippen molar-refractivity contribution in [2.75, 3.05) is 5.32 Å². The third kappa shape index (κ3) is 4.35. The molecule has 0 saturated heterocycles. The third-order valence-electron chi connectivity index (χ3n) is 3.59. The standard InChI is InChI=1S/C16H26NSi2/c1-7-14(12(2)13(3)18)17-15-10-8-9-11-16(15)19(4,5)6/h8-11,14,17H,7H2,1-6H3. The Morgan fingerprint density at radius 1 is 1.21 bits per heavy atom. The van der Waals surface area contributed by atoms with Crippen molar-refractivity contribution in [2.45, 2.75) is 52.9 Å². The molecule has 1 aromatic rings. The van der Waals surface area contributed by atoms with E-state index in [2.05, 4.69) is 80.2 Å². The number of anilines is 1. The summed E-state index contributed by atoms with van der Waals surface area (Å²) in [6.45, 7) is 13.7. The van der Waals surface area contributed by atoms with Crippen LogP contribution in [0, 0.1) is 0 Å². The Hall–Kier alpha value is -0.806. The number of hydrogen-bond donors (Lipinski definition) is 1. The number of benzene rings is 1. The summed E-state index contributed by atoms with van der Waals surface area (Å²) in [7, 11) is 2.34. The fourth-order valence-electron chi connectivity index (χ4n) is 2.23. The second kappa shape index (κ2) is 6.57. The molecule has 3 radical (unpaired) electrons. The highest BCUT2D eigenvalue weighted by atomic mass is 28.3. The Balaban J connectivity index is 3.09. The third-order valence-corrected chi connectivity index (χ3v) is 6.03. The van der Waals surface area contributed by atoms with E-state index in [9.17, 15) is 0 Å². The molecule has 1 rings (SSSR count). The molecular formula is C16H26NSi2. The minimum Gasteiger partial charge on any atom is -0.379 e. The van der Waals surface area contributed by atoms with Crippen LogP contribution in [0.15, 0.2) is 35.0 Å². The molecule has 1 nitrogen and oxygen atoms in total. The van der Waals surface area contributed by atoms with Crippen LogP contribution in [0.3, 0.4) is 0 Å². The maximum absolute atomic E-state index is 3.73. The van der Waals surface area contributed by atoms with Gasteiger partial charge in [-0.05, 0) is 31.5 Å². The lowest BCUT2D eigenvalue weighted by Gasteiger charge is -2.26. The summed E-state index contributed by atoms with van der Waals surface area (Å²) in [5.41, 5.74) is 2.69. The van der Waals surface area contributed by atoms with Crippen molar-refractivity contribution in [1.82, 2.24) is 0 Å². The number of allylic oxidation sites excluding steroid dienone is 1. The molecule has 0 heterocycles. The van der Waals surface area contributed by atoms with Crippen molar-refractivity contribution in [3.63, 3.8) is 0 Å². The summed E-state index contributed by atoms with van der Waals surface area (Å²) in [4.78, 5) is 0. The lowest BCUT2D eigenvalue weighted by molar-refractivity contribution is 0.784. The predicted octanol–water partition coefficient (Wildman–Crippen LogP) is 3.88. The molecule has 1 atom stereocenters. The van der Waals surface area contributed by atoms with Gasteiger partial charge < -0.3 is 5.32 Å². The van der Waals surface area contributed by atoms with Crippen LogP contribution < -0.4 is 10.5 Å². The number of nitrogens with one attached hydrogen (secondary N) is 1. The summed E-state index contributed by atoms with van der Waals surface area (Å²) >= 11 is 0. The SMILES string of the molecule is CCC(Nc1ccccc1[Si](C)(C)C)C(C)=C(C)[Si]. The van der Waals surface area contributed by atoms with Crippen LogP contribution in [0.2, 0.25) is 19.6 Å². The highest BCUT2D eigenvalue weighted by Gasteiger charge is 2.21. The van der Waals surface area contributed by atoms with Crippen LogP contribution >= 0.6 is 0 Å². The van der Waals surface area contributed by atoms with Crippen LogP contribution in [-0.4, -0.2) is 24.4 Å². The van der Waals surface area contributed by atoms with Crippen molar-refractivity contribution < 1.29 is 0 Å². The Kier molecular flexibility index (Phi) is 5.62. The van der Waals surface area contributed by atoms with Crippen LogP contribution in [0.25, 0.3) is 0 Å². The van der Waals surface area contributed by atoms with Crippen LogP contribution in [0.4, 0.5) is 5.69 Å². The highest BCUT2D eigenvalue weighted by Crippen LogP contribution is 2.18. The van der Waals surface area contributed by atoms with Gasteiger partial charge in [0.25, 0.3) is 0 Å². The molecule has 0 fully saturated rings. The quantitative estimate of drug-likeness (QED) is 0.811. The lowest BCUT2D eigenvalue weighted by Crippen LogP contribution is -2.40. The Labute approximate surface area is 122 Å². The second-order valence-corrected chi connectivity index (χ2v) is 12.0. The average molecular weight is 289 g/mol. The van der Waals surface area contributed by atoms with Crippen molar-refractivity contribution in [3.05, 3.63) is 35.0 Å². The lowest BCUT2D eigenvalue weighted by atomic mass is 10.1. The first-order chi connectivity index (χ1) is 8.77. The number of hydrogen-bond acceptors (Lipinski definition) is 1. The first-order valence-corrected chi connectivity index (χ1v) is 11.0. The van der Waals surface area contributed by atoms with Gasteiger partial charge >= 0.3 is 0 Å². The molecule has 1 N–H and O–H groups in total. The van der Waals surface area contributed by atoms with Crippen molar-refractivity contribution in [1.29, 1.82) is 0 Å². The van der Waals surface area contributed by atoms with Gasteiger partial charge in [-0.15, -0.1) is 0 Å². The van der Waals surface area contributed by atoms with E-state index in [1.165, 1.54) is 21.6 Å². The van der Waals surface area contributed by atoms with Crippen LogP contribution in [0.1, 0.15) is 27.2 Å². The van der Waals surface area contributed by atoms with Crippen LogP contribution in [0.5, 0.6) is 0 Å². The summed E-state index contributed by atoms with van der Waals surface area (Å²) in [6, 6.07) is 9.17. The minimum absolute atomic E-state index is 0.398. The number of rotatable bonds is 5. The number of para-hydroxylation sites is 1. The summed E-state index contributed by atoms with van der Waals surface area (Å²) in [6.07, 6.45) is 1.09. The van der Waals surface area contributed by atoms with Gasteiger partial charge in [0.1, 0.15) is 0 Å². The maximum Gasteiger partial charge on any atom is 0.0803 e. The van der Waals surface area contributed by atoms with Gasteiger partial charge in [-0.2, -0.15) is 0 Å². The van der Waals surface area contributed by atoms with Crippen molar-refractivity contribution >= 4 is 29.2 Å².